The van der Waals surface area contributed by atoms with Gasteiger partial charge in [-0.1, -0.05) is 65.5 Å². The quantitative estimate of drug-likeness (QED) is 0.0983. The molecule has 6 aromatic rings. The summed E-state index contributed by atoms with van der Waals surface area (Å²) in [7, 11) is 0. The van der Waals surface area contributed by atoms with Gasteiger partial charge in [0.15, 0.2) is 0 Å². The largest absolute Gasteiger partial charge is 0.368 e. The van der Waals surface area contributed by atoms with E-state index in [-0.39, 0.29) is 10.6 Å². The maximum Gasteiger partial charge on any atom is 0.270 e. The number of nitro benzene ring substituents is 1. The van der Waals surface area contributed by atoms with Gasteiger partial charge in [-0.3, -0.25) is 10.1 Å². The van der Waals surface area contributed by atoms with Crippen LogP contribution >= 0.6 is 35.1 Å². The van der Waals surface area contributed by atoms with E-state index in [4.69, 9.17) is 11.6 Å². The molecule has 8 rings (SSSR count). The number of nitrogens with zero attached hydrogens (tertiary/aromatic N) is 3. The first-order chi connectivity index (χ1) is 23.5. The topological polar surface area (TPSA) is 105 Å². The fraction of sp³-hybridized carbons (Fsp3) is 0.222. The van der Waals surface area contributed by atoms with Crippen molar-refractivity contribution in [3.05, 3.63) is 112 Å². The molecule has 2 saturated heterocycles. The lowest BCUT2D eigenvalue weighted by molar-refractivity contribution is -0.384. The van der Waals surface area contributed by atoms with Crippen LogP contribution in [-0.2, 0) is 0 Å². The molecule has 0 aliphatic carbocycles. The summed E-state index contributed by atoms with van der Waals surface area (Å²) in [6.45, 7) is 8.14. The third-order valence-electron chi connectivity index (χ3n) is 8.53. The number of H-pyrrole nitrogens is 2. The SMILES string of the molecule is Clc1ccc2c(Sc3ccccc3N3CCNCC3)c[nH]c2c1.O=[N+]([O-])c1ccc2[nH]cc(Sc3ccccc3N3CCNCC3)c2c1. The van der Waals surface area contributed by atoms with Crippen LogP contribution in [0.4, 0.5) is 17.1 Å². The zero-order valence-electron chi connectivity index (χ0n) is 26.2. The lowest BCUT2D eigenvalue weighted by Crippen LogP contribution is -2.43. The number of anilines is 2. The lowest BCUT2D eigenvalue weighted by Gasteiger charge is -2.30. The van der Waals surface area contributed by atoms with Crippen LogP contribution in [0, 0.1) is 10.1 Å². The highest BCUT2D eigenvalue weighted by atomic mass is 35.5. The molecule has 0 amide bonds. The van der Waals surface area contributed by atoms with Gasteiger partial charge in [-0.25, -0.2) is 0 Å². The fourth-order valence-corrected chi connectivity index (χ4v) is 8.44. The molecule has 0 atom stereocenters. The smallest absolute Gasteiger partial charge is 0.270 e. The first kappa shape index (κ1) is 32.4. The molecule has 12 heteroatoms. The predicted molar refractivity (Wildman–Crippen MR) is 200 cm³/mol. The second-order valence-electron chi connectivity index (χ2n) is 11.6. The molecule has 4 heterocycles. The number of rotatable bonds is 7. The summed E-state index contributed by atoms with van der Waals surface area (Å²) in [6, 6.07) is 27.9. The van der Waals surface area contributed by atoms with Gasteiger partial charge in [0.05, 0.1) is 16.3 Å². The Morgan fingerprint density at radius 2 is 1.17 bits per heavy atom. The van der Waals surface area contributed by atoms with E-state index in [9.17, 15) is 10.1 Å². The molecule has 0 unspecified atom stereocenters. The van der Waals surface area contributed by atoms with Crippen molar-refractivity contribution in [2.24, 2.45) is 0 Å². The van der Waals surface area contributed by atoms with Gasteiger partial charge in [0.2, 0.25) is 0 Å². The van der Waals surface area contributed by atoms with Crippen molar-refractivity contribution in [3.63, 3.8) is 0 Å². The van der Waals surface area contributed by atoms with E-state index in [1.54, 1.807) is 23.9 Å². The Bertz CT molecular complexity index is 2040. The lowest BCUT2D eigenvalue weighted by atomic mass is 10.2. The van der Waals surface area contributed by atoms with Crippen LogP contribution in [0.25, 0.3) is 21.8 Å². The minimum Gasteiger partial charge on any atom is -0.368 e. The number of fused-ring (bicyclic) bond motifs is 2. The highest BCUT2D eigenvalue weighted by Crippen LogP contribution is 2.41. The molecule has 0 bridgehead atoms. The average Bonchev–Trinajstić information content (AvgIpc) is 3.72. The van der Waals surface area contributed by atoms with E-state index in [0.29, 0.717) is 0 Å². The molecule has 0 radical (unpaired) electrons. The highest BCUT2D eigenvalue weighted by molar-refractivity contribution is 8.00. The standard InChI is InChI=1S/C18H18ClN3S.C18H18N4O2S/c19-13-5-6-14-15(11-13)21-12-18(14)23-17-4-2-1-3-16(17)22-9-7-20-8-10-22;23-22(24)13-5-6-15-14(11-13)18(12-20-15)25-17-4-2-1-3-16(17)21-9-7-19-8-10-21/h1-6,11-12,20-21H,7-10H2;1-6,11-12,19-20H,7-10H2. The number of hydrogen-bond acceptors (Lipinski definition) is 8. The highest BCUT2D eigenvalue weighted by Gasteiger charge is 2.18. The number of halogens is 1. The Morgan fingerprint density at radius 1 is 0.625 bits per heavy atom. The third kappa shape index (κ3) is 7.30. The summed E-state index contributed by atoms with van der Waals surface area (Å²) >= 11 is 9.54. The number of piperazine rings is 2. The van der Waals surface area contributed by atoms with E-state index in [1.807, 2.05) is 36.2 Å². The van der Waals surface area contributed by atoms with Crippen molar-refractivity contribution in [2.45, 2.75) is 19.6 Å². The van der Waals surface area contributed by atoms with Crippen LogP contribution in [0.3, 0.4) is 0 Å². The number of nitrogens with one attached hydrogen (secondary N) is 4. The van der Waals surface area contributed by atoms with Gasteiger partial charge in [0, 0.05) is 123 Å². The van der Waals surface area contributed by atoms with Gasteiger partial charge in [0.25, 0.3) is 5.69 Å². The van der Waals surface area contributed by atoms with Crippen LogP contribution in [-0.4, -0.2) is 67.2 Å². The molecule has 0 saturated carbocycles. The van der Waals surface area contributed by atoms with E-state index in [0.717, 1.165) is 83.6 Å². The summed E-state index contributed by atoms with van der Waals surface area (Å²) in [4.78, 5) is 26.8. The Balaban J connectivity index is 0.000000152. The first-order valence-corrected chi connectivity index (χ1v) is 18.0. The van der Waals surface area contributed by atoms with E-state index >= 15 is 0 Å². The van der Waals surface area contributed by atoms with Gasteiger partial charge >= 0.3 is 0 Å². The minimum absolute atomic E-state index is 0.115. The first-order valence-electron chi connectivity index (χ1n) is 16.0. The minimum atomic E-state index is -0.352. The second-order valence-corrected chi connectivity index (χ2v) is 14.2. The Hall–Kier alpha value is -4.13. The molecule has 4 aromatic carbocycles. The fourth-order valence-electron chi connectivity index (χ4n) is 6.10. The van der Waals surface area contributed by atoms with Crippen molar-refractivity contribution < 1.29 is 4.92 Å². The Kier molecular flexibility index (Phi) is 10.1. The van der Waals surface area contributed by atoms with Crippen LogP contribution in [0.2, 0.25) is 5.02 Å². The van der Waals surface area contributed by atoms with Gasteiger partial charge in [-0.05, 0) is 42.5 Å². The molecule has 246 valence electrons. The molecule has 2 fully saturated rings. The van der Waals surface area contributed by atoms with E-state index < -0.39 is 0 Å². The Labute approximate surface area is 292 Å². The summed E-state index contributed by atoms with van der Waals surface area (Å²) < 4.78 is 0. The zero-order valence-corrected chi connectivity index (χ0v) is 28.6. The van der Waals surface area contributed by atoms with Gasteiger partial charge in [-0.2, -0.15) is 0 Å². The molecule has 2 aliphatic rings. The van der Waals surface area contributed by atoms with E-state index in [1.165, 1.54) is 32.6 Å². The van der Waals surface area contributed by atoms with E-state index in [2.05, 4.69) is 85.1 Å². The average molecular weight is 698 g/mol. The molecule has 48 heavy (non-hydrogen) atoms. The monoisotopic (exact) mass is 697 g/mol. The molecule has 9 nitrogen and oxygen atoms in total. The summed E-state index contributed by atoms with van der Waals surface area (Å²) in [5, 5.41) is 20.7. The number of nitro groups is 1. The molecular formula is C36H36ClN7O2S2. The van der Waals surface area contributed by atoms with Crippen molar-refractivity contribution >= 4 is 74.0 Å². The van der Waals surface area contributed by atoms with Crippen molar-refractivity contribution in [1.29, 1.82) is 0 Å². The van der Waals surface area contributed by atoms with Crippen LogP contribution in [0.1, 0.15) is 0 Å². The van der Waals surface area contributed by atoms with Crippen molar-refractivity contribution in [2.75, 3.05) is 62.2 Å². The normalized spacial score (nSPS) is 15.0. The molecular weight excluding hydrogens is 662 g/mol. The van der Waals surface area contributed by atoms with Gasteiger partial charge < -0.3 is 30.4 Å². The van der Waals surface area contributed by atoms with Crippen molar-refractivity contribution in [1.82, 2.24) is 20.6 Å². The van der Waals surface area contributed by atoms with Gasteiger partial charge in [-0.15, -0.1) is 0 Å². The summed E-state index contributed by atoms with van der Waals surface area (Å²) in [5.74, 6) is 0. The number of aromatic nitrogens is 2. The number of benzene rings is 4. The molecule has 2 aromatic heterocycles. The number of non-ortho nitro benzene ring substituents is 1. The van der Waals surface area contributed by atoms with Crippen LogP contribution in [0.5, 0.6) is 0 Å². The number of para-hydroxylation sites is 2. The van der Waals surface area contributed by atoms with Crippen LogP contribution in [0.15, 0.2) is 117 Å². The molecule has 4 N–H and O–H groups in total. The number of aromatic amines is 2. The zero-order chi connectivity index (χ0) is 32.9. The Morgan fingerprint density at radius 3 is 1.75 bits per heavy atom. The summed E-state index contributed by atoms with van der Waals surface area (Å²) in [6.07, 6.45) is 3.99. The number of hydrogen-bond donors (Lipinski definition) is 4. The van der Waals surface area contributed by atoms with Crippen molar-refractivity contribution in [3.8, 4) is 0 Å². The van der Waals surface area contributed by atoms with Crippen LogP contribution < -0.4 is 20.4 Å². The maximum absolute atomic E-state index is 11.1. The third-order valence-corrected chi connectivity index (χ3v) is 11.0. The maximum atomic E-state index is 11.1. The van der Waals surface area contributed by atoms with Gasteiger partial charge in [0.1, 0.15) is 0 Å². The summed E-state index contributed by atoms with van der Waals surface area (Å²) in [5.41, 5.74) is 4.65. The predicted octanol–water partition coefficient (Wildman–Crippen LogP) is 8.02. The second kappa shape index (κ2) is 15.0. The molecule has 2 aliphatic heterocycles. The molecule has 0 spiro atoms.